The lowest BCUT2D eigenvalue weighted by Crippen LogP contribution is -2.58. The van der Waals surface area contributed by atoms with Gasteiger partial charge >= 0.3 is 5.97 Å². The van der Waals surface area contributed by atoms with E-state index in [0.29, 0.717) is 19.8 Å². The zero-order chi connectivity index (χ0) is 16.1. The minimum atomic E-state index is -0.703. The molecule has 0 saturated carbocycles. The first-order valence-electron chi connectivity index (χ1n) is 7.57. The van der Waals surface area contributed by atoms with Crippen molar-refractivity contribution in [2.75, 3.05) is 60.7 Å². The molecule has 0 spiro atoms. The Hall–Kier alpha value is -0.690. The maximum absolute atomic E-state index is 12.1. The predicted octanol–water partition coefficient (Wildman–Crippen LogP) is 0.903. The van der Waals surface area contributed by atoms with Gasteiger partial charge in [0.15, 0.2) is 0 Å². The van der Waals surface area contributed by atoms with Crippen molar-refractivity contribution < 1.29 is 19.0 Å². The summed E-state index contributed by atoms with van der Waals surface area (Å²) in [5.41, 5.74) is -0.703. The number of rotatable bonds is 13. The van der Waals surface area contributed by atoms with Crippen molar-refractivity contribution in [3.63, 3.8) is 0 Å². The van der Waals surface area contributed by atoms with Crippen LogP contribution in [0.2, 0.25) is 0 Å². The summed E-state index contributed by atoms with van der Waals surface area (Å²) in [5.74, 6) is -0.231. The van der Waals surface area contributed by atoms with Crippen molar-refractivity contribution in [1.82, 2.24) is 10.2 Å². The summed E-state index contributed by atoms with van der Waals surface area (Å²) in [5, 5.41) is 3.31. The molecule has 0 aliphatic carbocycles. The fourth-order valence-corrected chi connectivity index (χ4v) is 2.19. The Balaban J connectivity index is 4.70. The lowest BCUT2D eigenvalue weighted by Gasteiger charge is -2.34. The van der Waals surface area contributed by atoms with E-state index >= 15 is 0 Å². The SMILES string of the molecule is CCCNC(C)(CN(CCCOC)CCOC)C(=O)OC. The second kappa shape index (κ2) is 11.9. The monoisotopic (exact) mass is 304 g/mol. The molecular weight excluding hydrogens is 272 g/mol. The molecule has 0 bridgehead atoms. The predicted molar refractivity (Wildman–Crippen MR) is 83.5 cm³/mol. The van der Waals surface area contributed by atoms with Crippen molar-refractivity contribution in [3.8, 4) is 0 Å². The lowest BCUT2D eigenvalue weighted by atomic mass is 10.0. The molecule has 0 aliphatic rings. The second-order valence-electron chi connectivity index (χ2n) is 5.37. The van der Waals surface area contributed by atoms with E-state index in [2.05, 4.69) is 17.1 Å². The van der Waals surface area contributed by atoms with Gasteiger partial charge in [0.2, 0.25) is 0 Å². The van der Waals surface area contributed by atoms with Crippen molar-refractivity contribution >= 4 is 5.97 Å². The number of methoxy groups -OCH3 is 3. The van der Waals surface area contributed by atoms with Crippen molar-refractivity contribution in [2.45, 2.75) is 32.2 Å². The van der Waals surface area contributed by atoms with Crippen LogP contribution >= 0.6 is 0 Å². The van der Waals surface area contributed by atoms with Gasteiger partial charge in [0, 0.05) is 40.5 Å². The van der Waals surface area contributed by atoms with Crippen LogP contribution in [0, 0.1) is 0 Å². The summed E-state index contributed by atoms with van der Waals surface area (Å²) < 4.78 is 15.2. The Bertz CT molecular complexity index is 276. The van der Waals surface area contributed by atoms with Crippen LogP contribution in [-0.4, -0.2) is 77.1 Å². The Morgan fingerprint density at radius 3 is 2.33 bits per heavy atom. The summed E-state index contributed by atoms with van der Waals surface area (Å²) in [6, 6.07) is 0. The Morgan fingerprint density at radius 2 is 1.81 bits per heavy atom. The normalized spacial score (nSPS) is 14.2. The van der Waals surface area contributed by atoms with E-state index in [9.17, 15) is 4.79 Å². The number of hydrogen-bond acceptors (Lipinski definition) is 6. The third-order valence-electron chi connectivity index (χ3n) is 3.38. The zero-order valence-electron chi connectivity index (χ0n) is 14.2. The fourth-order valence-electron chi connectivity index (χ4n) is 2.19. The molecule has 0 aliphatic heterocycles. The lowest BCUT2D eigenvalue weighted by molar-refractivity contribution is -0.148. The number of esters is 1. The van der Waals surface area contributed by atoms with Crippen LogP contribution in [0.1, 0.15) is 26.7 Å². The first-order chi connectivity index (χ1) is 10.0. The van der Waals surface area contributed by atoms with E-state index in [0.717, 1.165) is 32.5 Å². The Kier molecular flexibility index (Phi) is 11.5. The molecule has 0 amide bonds. The molecule has 0 aromatic heterocycles. The van der Waals surface area contributed by atoms with Crippen LogP contribution < -0.4 is 5.32 Å². The molecule has 6 nitrogen and oxygen atoms in total. The van der Waals surface area contributed by atoms with E-state index in [4.69, 9.17) is 14.2 Å². The molecule has 0 heterocycles. The van der Waals surface area contributed by atoms with Crippen LogP contribution in [0.3, 0.4) is 0 Å². The van der Waals surface area contributed by atoms with E-state index in [1.807, 2.05) is 6.92 Å². The van der Waals surface area contributed by atoms with Crippen LogP contribution in [0.25, 0.3) is 0 Å². The van der Waals surface area contributed by atoms with Gasteiger partial charge in [0.05, 0.1) is 13.7 Å². The third-order valence-corrected chi connectivity index (χ3v) is 3.38. The summed E-state index contributed by atoms with van der Waals surface area (Å²) in [6.07, 6.45) is 1.89. The van der Waals surface area contributed by atoms with Crippen LogP contribution in [-0.2, 0) is 19.0 Å². The molecule has 0 radical (unpaired) electrons. The number of carbonyl (C=O) groups excluding carboxylic acids is 1. The highest BCUT2D eigenvalue weighted by molar-refractivity contribution is 5.80. The first-order valence-corrected chi connectivity index (χ1v) is 7.57. The molecule has 1 N–H and O–H groups in total. The van der Waals surface area contributed by atoms with Crippen molar-refractivity contribution in [1.29, 1.82) is 0 Å². The van der Waals surface area contributed by atoms with E-state index in [-0.39, 0.29) is 5.97 Å². The molecular formula is C15H32N2O4. The van der Waals surface area contributed by atoms with Crippen molar-refractivity contribution in [3.05, 3.63) is 0 Å². The van der Waals surface area contributed by atoms with Crippen LogP contribution in [0.15, 0.2) is 0 Å². The molecule has 0 aromatic carbocycles. The number of hydrogen-bond donors (Lipinski definition) is 1. The van der Waals surface area contributed by atoms with E-state index < -0.39 is 5.54 Å². The summed E-state index contributed by atoms with van der Waals surface area (Å²) in [6.45, 7) is 8.32. The molecule has 126 valence electrons. The molecule has 0 saturated heterocycles. The number of nitrogens with one attached hydrogen (secondary N) is 1. The molecule has 1 atom stereocenters. The van der Waals surface area contributed by atoms with Gasteiger partial charge in [-0.1, -0.05) is 6.92 Å². The van der Waals surface area contributed by atoms with Gasteiger partial charge in [-0.15, -0.1) is 0 Å². The van der Waals surface area contributed by atoms with Gasteiger partial charge in [-0.2, -0.15) is 0 Å². The molecule has 0 rings (SSSR count). The molecule has 0 aromatic rings. The van der Waals surface area contributed by atoms with Gasteiger partial charge in [0.1, 0.15) is 5.54 Å². The standard InChI is InChI=1S/C15H32N2O4/c1-6-8-16-15(2,14(18)21-5)13-17(10-12-20-4)9-7-11-19-3/h16H,6-13H2,1-5H3. The molecule has 0 fully saturated rings. The van der Waals surface area contributed by atoms with Crippen LogP contribution in [0.5, 0.6) is 0 Å². The maximum Gasteiger partial charge on any atom is 0.327 e. The second-order valence-corrected chi connectivity index (χ2v) is 5.37. The number of nitrogens with zero attached hydrogens (tertiary/aromatic N) is 1. The minimum Gasteiger partial charge on any atom is -0.468 e. The van der Waals surface area contributed by atoms with Gasteiger partial charge in [-0.25, -0.2) is 0 Å². The van der Waals surface area contributed by atoms with Crippen molar-refractivity contribution in [2.24, 2.45) is 0 Å². The molecule has 1 unspecified atom stereocenters. The van der Waals surface area contributed by atoms with Gasteiger partial charge < -0.3 is 19.5 Å². The van der Waals surface area contributed by atoms with Gasteiger partial charge in [-0.3, -0.25) is 9.69 Å². The van der Waals surface area contributed by atoms with Gasteiger partial charge in [-0.05, 0) is 26.3 Å². The zero-order valence-corrected chi connectivity index (χ0v) is 14.2. The van der Waals surface area contributed by atoms with E-state index in [1.54, 1.807) is 14.2 Å². The topological polar surface area (TPSA) is 60.0 Å². The summed E-state index contributed by atoms with van der Waals surface area (Å²) in [4.78, 5) is 14.3. The average Bonchev–Trinajstić information content (AvgIpc) is 2.49. The fraction of sp³-hybridized carbons (Fsp3) is 0.933. The minimum absolute atomic E-state index is 0.231. The van der Waals surface area contributed by atoms with E-state index in [1.165, 1.54) is 7.11 Å². The van der Waals surface area contributed by atoms with Crippen LogP contribution in [0.4, 0.5) is 0 Å². The number of ether oxygens (including phenoxy) is 3. The number of carbonyl (C=O) groups is 1. The first kappa shape index (κ1) is 20.3. The maximum atomic E-state index is 12.1. The average molecular weight is 304 g/mol. The Labute approximate surface area is 129 Å². The Morgan fingerprint density at radius 1 is 1.14 bits per heavy atom. The highest BCUT2D eigenvalue weighted by atomic mass is 16.5. The quantitative estimate of drug-likeness (QED) is 0.403. The molecule has 6 heteroatoms. The highest BCUT2D eigenvalue weighted by Crippen LogP contribution is 2.10. The molecule has 21 heavy (non-hydrogen) atoms. The van der Waals surface area contributed by atoms with Gasteiger partial charge in [0.25, 0.3) is 0 Å². The highest BCUT2D eigenvalue weighted by Gasteiger charge is 2.35. The summed E-state index contributed by atoms with van der Waals surface area (Å²) >= 11 is 0. The largest absolute Gasteiger partial charge is 0.468 e. The summed E-state index contributed by atoms with van der Waals surface area (Å²) in [7, 11) is 4.81. The third kappa shape index (κ3) is 8.36. The smallest absolute Gasteiger partial charge is 0.327 e.